The van der Waals surface area contributed by atoms with Crippen LogP contribution in [0.15, 0.2) is 10.6 Å². The zero-order valence-corrected chi connectivity index (χ0v) is 11.1. The minimum atomic E-state index is -0.877. The summed E-state index contributed by atoms with van der Waals surface area (Å²) in [6.07, 6.45) is 2.56. The molecule has 1 heterocycles. The van der Waals surface area contributed by atoms with Gasteiger partial charge in [0.05, 0.1) is 5.69 Å². The molecule has 104 valence electrons. The number of carboxylic acids is 1. The van der Waals surface area contributed by atoms with Gasteiger partial charge in [0.2, 0.25) is 5.76 Å². The van der Waals surface area contributed by atoms with Crippen LogP contribution in [0.3, 0.4) is 0 Å². The smallest absolute Gasteiger partial charge is 0.303 e. The second kappa shape index (κ2) is 5.03. The van der Waals surface area contributed by atoms with Crippen molar-refractivity contribution < 1.29 is 19.2 Å². The molecule has 19 heavy (non-hydrogen) atoms. The van der Waals surface area contributed by atoms with Gasteiger partial charge < -0.3 is 14.9 Å². The lowest BCUT2D eigenvalue weighted by Crippen LogP contribution is -2.43. The standard InChI is InChI=1S/C13H18N2O4/c1-13(2,6-5-11(16)17)14-12(18)10-7-9(15-19-10)8-3-4-8/h7-8H,3-6H2,1-2H3,(H,14,18)(H,16,17). The van der Waals surface area contributed by atoms with Crippen LogP contribution in [0.4, 0.5) is 0 Å². The van der Waals surface area contributed by atoms with Crippen LogP contribution in [0.25, 0.3) is 0 Å². The van der Waals surface area contributed by atoms with E-state index in [1.807, 2.05) is 0 Å². The van der Waals surface area contributed by atoms with Gasteiger partial charge in [0.15, 0.2) is 0 Å². The summed E-state index contributed by atoms with van der Waals surface area (Å²) in [6.45, 7) is 3.57. The van der Waals surface area contributed by atoms with E-state index in [9.17, 15) is 9.59 Å². The Morgan fingerprint density at radius 1 is 1.53 bits per heavy atom. The van der Waals surface area contributed by atoms with E-state index in [2.05, 4.69) is 10.5 Å². The molecule has 1 aromatic heterocycles. The monoisotopic (exact) mass is 266 g/mol. The van der Waals surface area contributed by atoms with Crippen LogP contribution < -0.4 is 5.32 Å². The Hall–Kier alpha value is -1.85. The minimum absolute atomic E-state index is 0.0109. The number of nitrogens with zero attached hydrogens (tertiary/aromatic N) is 1. The van der Waals surface area contributed by atoms with E-state index in [0.717, 1.165) is 18.5 Å². The molecular formula is C13H18N2O4. The van der Waals surface area contributed by atoms with Crippen LogP contribution >= 0.6 is 0 Å². The fraction of sp³-hybridized carbons (Fsp3) is 0.615. The normalized spacial score (nSPS) is 15.3. The zero-order chi connectivity index (χ0) is 14.0. The van der Waals surface area contributed by atoms with Crippen molar-refractivity contribution in [3.63, 3.8) is 0 Å². The molecule has 1 aliphatic carbocycles. The first-order valence-corrected chi connectivity index (χ1v) is 6.38. The lowest BCUT2D eigenvalue weighted by atomic mass is 9.98. The molecular weight excluding hydrogens is 248 g/mol. The van der Waals surface area contributed by atoms with Gasteiger partial charge in [0, 0.05) is 23.9 Å². The maximum absolute atomic E-state index is 12.0. The molecule has 6 nitrogen and oxygen atoms in total. The second-order valence-corrected chi connectivity index (χ2v) is 5.62. The molecule has 0 saturated heterocycles. The third-order valence-electron chi connectivity index (χ3n) is 3.16. The highest BCUT2D eigenvalue weighted by atomic mass is 16.5. The molecule has 0 radical (unpaired) electrons. The Morgan fingerprint density at radius 2 is 2.21 bits per heavy atom. The van der Waals surface area contributed by atoms with Crippen LogP contribution in [0.5, 0.6) is 0 Å². The quantitative estimate of drug-likeness (QED) is 0.820. The Labute approximate surface area is 111 Å². The Bertz CT molecular complexity index is 489. The van der Waals surface area contributed by atoms with E-state index >= 15 is 0 Å². The van der Waals surface area contributed by atoms with E-state index in [1.165, 1.54) is 0 Å². The van der Waals surface area contributed by atoms with Crippen molar-refractivity contribution in [2.75, 3.05) is 0 Å². The van der Waals surface area contributed by atoms with E-state index in [0.29, 0.717) is 12.3 Å². The topological polar surface area (TPSA) is 92.4 Å². The molecule has 0 bridgehead atoms. The second-order valence-electron chi connectivity index (χ2n) is 5.62. The van der Waals surface area contributed by atoms with Crippen molar-refractivity contribution in [2.24, 2.45) is 0 Å². The summed E-state index contributed by atoms with van der Waals surface area (Å²) in [5.41, 5.74) is 0.232. The van der Waals surface area contributed by atoms with E-state index in [1.54, 1.807) is 19.9 Å². The lowest BCUT2D eigenvalue weighted by molar-refractivity contribution is -0.137. The third-order valence-corrected chi connectivity index (χ3v) is 3.16. The van der Waals surface area contributed by atoms with E-state index in [-0.39, 0.29) is 18.1 Å². The first kappa shape index (κ1) is 13.6. The molecule has 1 aromatic rings. The van der Waals surface area contributed by atoms with E-state index < -0.39 is 11.5 Å². The summed E-state index contributed by atoms with van der Waals surface area (Å²) in [5, 5.41) is 15.3. The van der Waals surface area contributed by atoms with Crippen molar-refractivity contribution in [1.29, 1.82) is 0 Å². The number of carbonyl (C=O) groups is 2. The molecule has 1 aliphatic rings. The van der Waals surface area contributed by atoms with Gasteiger partial charge in [-0.25, -0.2) is 0 Å². The van der Waals surface area contributed by atoms with Crippen LogP contribution in [0, 0.1) is 0 Å². The molecule has 0 unspecified atom stereocenters. The molecule has 0 aliphatic heterocycles. The molecule has 0 atom stereocenters. The number of nitrogens with one attached hydrogen (secondary N) is 1. The number of amides is 1. The number of aliphatic carboxylic acids is 1. The molecule has 0 spiro atoms. The van der Waals surface area contributed by atoms with Crippen molar-refractivity contribution in [3.05, 3.63) is 17.5 Å². The zero-order valence-electron chi connectivity index (χ0n) is 11.1. The predicted molar refractivity (Wildman–Crippen MR) is 66.9 cm³/mol. The summed E-state index contributed by atoms with van der Waals surface area (Å²) in [6, 6.07) is 1.67. The van der Waals surface area contributed by atoms with Crippen LogP contribution in [0.2, 0.25) is 0 Å². The molecule has 1 saturated carbocycles. The van der Waals surface area contributed by atoms with Crippen molar-refractivity contribution >= 4 is 11.9 Å². The van der Waals surface area contributed by atoms with Gasteiger partial charge in [-0.15, -0.1) is 0 Å². The summed E-state index contributed by atoms with van der Waals surface area (Å²) < 4.78 is 5.02. The molecule has 0 aromatic carbocycles. The fourth-order valence-corrected chi connectivity index (χ4v) is 1.82. The molecule has 1 amide bonds. The lowest BCUT2D eigenvalue weighted by Gasteiger charge is -2.24. The van der Waals surface area contributed by atoms with Gasteiger partial charge in [-0.05, 0) is 33.1 Å². The van der Waals surface area contributed by atoms with Crippen LogP contribution in [-0.2, 0) is 4.79 Å². The number of carbonyl (C=O) groups excluding carboxylic acids is 1. The maximum Gasteiger partial charge on any atom is 0.303 e. The highest BCUT2D eigenvalue weighted by Crippen LogP contribution is 2.39. The first-order chi connectivity index (χ1) is 8.87. The van der Waals surface area contributed by atoms with Gasteiger partial charge in [-0.3, -0.25) is 9.59 Å². The molecule has 2 rings (SSSR count). The van der Waals surface area contributed by atoms with Gasteiger partial charge in [0.1, 0.15) is 0 Å². The van der Waals surface area contributed by atoms with Gasteiger partial charge in [-0.1, -0.05) is 5.16 Å². The number of carboxylic acid groups (broad SMARTS) is 1. The number of aromatic nitrogens is 1. The Kier molecular flexibility index (Phi) is 3.59. The first-order valence-electron chi connectivity index (χ1n) is 6.38. The Balaban J connectivity index is 1.92. The minimum Gasteiger partial charge on any atom is -0.481 e. The predicted octanol–water partition coefficient (Wildman–Crippen LogP) is 1.93. The highest BCUT2D eigenvalue weighted by molar-refractivity contribution is 5.92. The molecule has 2 N–H and O–H groups in total. The number of hydrogen-bond donors (Lipinski definition) is 2. The van der Waals surface area contributed by atoms with Crippen molar-refractivity contribution in [2.45, 2.75) is 51.0 Å². The highest BCUT2D eigenvalue weighted by Gasteiger charge is 2.29. The largest absolute Gasteiger partial charge is 0.481 e. The summed E-state index contributed by atoms with van der Waals surface area (Å²) in [7, 11) is 0. The van der Waals surface area contributed by atoms with Crippen molar-refractivity contribution in [1.82, 2.24) is 10.5 Å². The van der Waals surface area contributed by atoms with Gasteiger partial charge >= 0.3 is 5.97 Å². The van der Waals surface area contributed by atoms with E-state index in [4.69, 9.17) is 9.63 Å². The van der Waals surface area contributed by atoms with Gasteiger partial charge in [-0.2, -0.15) is 0 Å². The van der Waals surface area contributed by atoms with Crippen molar-refractivity contribution in [3.8, 4) is 0 Å². The maximum atomic E-state index is 12.0. The van der Waals surface area contributed by atoms with Crippen LogP contribution in [-0.4, -0.2) is 27.7 Å². The SMILES string of the molecule is CC(C)(CCC(=O)O)NC(=O)c1cc(C2CC2)no1. The average molecular weight is 266 g/mol. The summed E-state index contributed by atoms with van der Waals surface area (Å²) in [5.74, 6) is -0.608. The fourth-order valence-electron chi connectivity index (χ4n) is 1.82. The Morgan fingerprint density at radius 3 is 2.79 bits per heavy atom. The third kappa shape index (κ3) is 3.81. The molecule has 1 fully saturated rings. The average Bonchev–Trinajstić information content (AvgIpc) is 3.04. The number of hydrogen-bond acceptors (Lipinski definition) is 4. The molecule has 6 heteroatoms. The van der Waals surface area contributed by atoms with Crippen LogP contribution in [0.1, 0.15) is 61.7 Å². The summed E-state index contributed by atoms with van der Waals surface area (Å²) >= 11 is 0. The number of rotatable bonds is 6. The van der Waals surface area contributed by atoms with Gasteiger partial charge in [0.25, 0.3) is 5.91 Å². The summed E-state index contributed by atoms with van der Waals surface area (Å²) in [4.78, 5) is 22.5.